The number of amides is 1. The maximum atomic E-state index is 13.2. The number of nitrogens with zero attached hydrogens (tertiary/aromatic N) is 1. The van der Waals surface area contributed by atoms with Gasteiger partial charge in [0.05, 0.1) is 0 Å². The third-order valence-corrected chi connectivity index (χ3v) is 2.25. The van der Waals surface area contributed by atoms with Crippen molar-refractivity contribution in [1.29, 1.82) is 0 Å². The lowest BCUT2D eigenvalue weighted by atomic mass is 10.1. The van der Waals surface area contributed by atoms with Crippen molar-refractivity contribution in [3.63, 3.8) is 0 Å². The van der Waals surface area contributed by atoms with Crippen LogP contribution in [0.2, 0.25) is 0 Å². The molecule has 0 atom stereocenters. The molecular formula is C11H14F2N2O. The van der Waals surface area contributed by atoms with Crippen LogP contribution in [0.25, 0.3) is 0 Å². The fourth-order valence-corrected chi connectivity index (χ4v) is 1.33. The molecule has 0 bridgehead atoms. The fourth-order valence-electron chi connectivity index (χ4n) is 1.33. The highest BCUT2D eigenvalue weighted by atomic mass is 19.1. The standard InChI is InChI=1S/C11H14F2N2O/c1-15(14)11(16)4-2-3-8-5-6-9(12)7-10(8)13/h5-7H,2-4,14H2,1H3. The van der Waals surface area contributed by atoms with Crippen molar-refractivity contribution in [2.45, 2.75) is 19.3 Å². The Hall–Kier alpha value is -1.49. The molecule has 2 N–H and O–H groups in total. The van der Waals surface area contributed by atoms with E-state index in [1.165, 1.54) is 19.2 Å². The average Bonchev–Trinajstić information content (AvgIpc) is 2.20. The summed E-state index contributed by atoms with van der Waals surface area (Å²) in [6.07, 6.45) is 1.14. The SMILES string of the molecule is CN(N)C(=O)CCCc1ccc(F)cc1F. The summed E-state index contributed by atoms with van der Waals surface area (Å²) in [6.45, 7) is 0. The first-order valence-electron chi connectivity index (χ1n) is 4.96. The quantitative estimate of drug-likeness (QED) is 0.483. The van der Waals surface area contributed by atoms with Gasteiger partial charge >= 0.3 is 0 Å². The van der Waals surface area contributed by atoms with Gasteiger partial charge in [-0.05, 0) is 24.5 Å². The van der Waals surface area contributed by atoms with Gasteiger partial charge in [0.1, 0.15) is 11.6 Å². The van der Waals surface area contributed by atoms with E-state index in [-0.39, 0.29) is 12.3 Å². The predicted molar refractivity (Wildman–Crippen MR) is 56.3 cm³/mol. The van der Waals surface area contributed by atoms with Crippen LogP contribution in [-0.2, 0) is 11.2 Å². The zero-order valence-electron chi connectivity index (χ0n) is 9.04. The summed E-state index contributed by atoms with van der Waals surface area (Å²) in [5.41, 5.74) is 0.411. The molecule has 1 aromatic carbocycles. The first kappa shape index (κ1) is 12.6. The van der Waals surface area contributed by atoms with E-state index in [4.69, 9.17) is 5.84 Å². The molecule has 16 heavy (non-hydrogen) atoms. The molecule has 0 aliphatic rings. The number of halogens is 2. The molecule has 3 nitrogen and oxygen atoms in total. The molecule has 1 aromatic rings. The van der Waals surface area contributed by atoms with Gasteiger partial charge < -0.3 is 0 Å². The van der Waals surface area contributed by atoms with Gasteiger partial charge in [0.25, 0.3) is 0 Å². The van der Waals surface area contributed by atoms with Gasteiger partial charge in [0, 0.05) is 19.5 Å². The maximum absolute atomic E-state index is 13.2. The van der Waals surface area contributed by atoms with Crippen molar-refractivity contribution in [2.75, 3.05) is 7.05 Å². The van der Waals surface area contributed by atoms with E-state index in [1.807, 2.05) is 0 Å². The molecule has 0 unspecified atom stereocenters. The lowest BCUT2D eigenvalue weighted by molar-refractivity contribution is -0.130. The number of rotatable bonds is 4. The average molecular weight is 228 g/mol. The zero-order valence-corrected chi connectivity index (χ0v) is 9.04. The van der Waals surface area contributed by atoms with Gasteiger partial charge in [-0.3, -0.25) is 9.80 Å². The summed E-state index contributed by atoms with van der Waals surface area (Å²) >= 11 is 0. The number of hydrogen-bond donors (Lipinski definition) is 1. The Morgan fingerprint density at radius 3 is 2.69 bits per heavy atom. The van der Waals surface area contributed by atoms with E-state index in [1.54, 1.807) is 0 Å². The van der Waals surface area contributed by atoms with E-state index in [9.17, 15) is 13.6 Å². The van der Waals surface area contributed by atoms with Gasteiger partial charge in [-0.2, -0.15) is 0 Å². The van der Waals surface area contributed by atoms with Crippen LogP contribution in [0.1, 0.15) is 18.4 Å². The molecule has 0 saturated carbocycles. The zero-order chi connectivity index (χ0) is 12.1. The lowest BCUT2D eigenvalue weighted by Crippen LogP contribution is -2.32. The third-order valence-electron chi connectivity index (χ3n) is 2.25. The van der Waals surface area contributed by atoms with Gasteiger partial charge in [0.15, 0.2) is 0 Å². The third kappa shape index (κ3) is 3.58. The Morgan fingerprint density at radius 1 is 1.44 bits per heavy atom. The van der Waals surface area contributed by atoms with Crippen LogP contribution in [0.5, 0.6) is 0 Å². The molecule has 1 rings (SSSR count). The van der Waals surface area contributed by atoms with E-state index in [0.717, 1.165) is 11.1 Å². The normalized spacial score (nSPS) is 10.2. The summed E-state index contributed by atoms with van der Waals surface area (Å²) in [7, 11) is 1.46. The van der Waals surface area contributed by atoms with Crippen LogP contribution in [0, 0.1) is 11.6 Å². The molecule has 0 aromatic heterocycles. The number of hydrogen-bond acceptors (Lipinski definition) is 2. The summed E-state index contributed by atoms with van der Waals surface area (Å²) in [5, 5.41) is 1.00. The molecule has 0 radical (unpaired) electrons. The molecule has 0 aliphatic carbocycles. The summed E-state index contributed by atoms with van der Waals surface area (Å²) in [4.78, 5) is 11.1. The fraction of sp³-hybridized carbons (Fsp3) is 0.364. The van der Waals surface area contributed by atoms with Gasteiger partial charge in [0.2, 0.25) is 5.91 Å². The van der Waals surface area contributed by atoms with Crippen LogP contribution in [0.4, 0.5) is 8.78 Å². The Morgan fingerprint density at radius 2 is 2.12 bits per heavy atom. The predicted octanol–water partition coefficient (Wildman–Crippen LogP) is 1.62. The maximum Gasteiger partial charge on any atom is 0.236 e. The van der Waals surface area contributed by atoms with Gasteiger partial charge in [-0.25, -0.2) is 14.6 Å². The van der Waals surface area contributed by atoms with Crippen molar-refractivity contribution < 1.29 is 13.6 Å². The van der Waals surface area contributed by atoms with E-state index in [2.05, 4.69) is 0 Å². The Balaban J connectivity index is 2.46. The van der Waals surface area contributed by atoms with Crippen molar-refractivity contribution in [1.82, 2.24) is 5.01 Å². The summed E-state index contributed by atoms with van der Waals surface area (Å²) < 4.78 is 25.8. The van der Waals surface area contributed by atoms with E-state index >= 15 is 0 Å². The Kier molecular flexibility index (Phi) is 4.37. The van der Waals surface area contributed by atoms with Crippen molar-refractivity contribution in [3.8, 4) is 0 Å². The Bertz CT molecular complexity index is 380. The highest BCUT2D eigenvalue weighted by Gasteiger charge is 2.07. The number of carbonyl (C=O) groups is 1. The molecule has 0 heterocycles. The Labute approximate surface area is 92.8 Å². The largest absolute Gasteiger partial charge is 0.284 e. The molecule has 0 aliphatic heterocycles. The first-order valence-corrected chi connectivity index (χ1v) is 4.96. The highest BCUT2D eigenvalue weighted by Crippen LogP contribution is 2.12. The van der Waals surface area contributed by atoms with Crippen LogP contribution >= 0.6 is 0 Å². The lowest BCUT2D eigenvalue weighted by Gasteiger charge is -2.09. The molecule has 1 amide bonds. The van der Waals surface area contributed by atoms with Crippen molar-refractivity contribution in [2.24, 2.45) is 5.84 Å². The second-order valence-corrected chi connectivity index (χ2v) is 3.59. The number of carbonyl (C=O) groups excluding carboxylic acids is 1. The second kappa shape index (κ2) is 5.55. The highest BCUT2D eigenvalue weighted by molar-refractivity contribution is 5.75. The first-order chi connectivity index (χ1) is 7.50. The second-order valence-electron chi connectivity index (χ2n) is 3.59. The van der Waals surface area contributed by atoms with Gasteiger partial charge in [-0.1, -0.05) is 6.07 Å². The monoisotopic (exact) mass is 228 g/mol. The molecule has 5 heteroatoms. The molecule has 0 saturated heterocycles. The number of aryl methyl sites for hydroxylation is 1. The van der Waals surface area contributed by atoms with Crippen LogP contribution in [0.15, 0.2) is 18.2 Å². The molecule has 0 spiro atoms. The number of benzene rings is 1. The summed E-state index contributed by atoms with van der Waals surface area (Å²) in [6, 6.07) is 3.43. The van der Waals surface area contributed by atoms with Crippen LogP contribution in [-0.4, -0.2) is 18.0 Å². The van der Waals surface area contributed by atoms with Crippen molar-refractivity contribution in [3.05, 3.63) is 35.4 Å². The van der Waals surface area contributed by atoms with E-state index in [0.29, 0.717) is 18.4 Å². The minimum Gasteiger partial charge on any atom is -0.284 e. The number of nitrogens with two attached hydrogens (primary N) is 1. The molecular weight excluding hydrogens is 214 g/mol. The van der Waals surface area contributed by atoms with Crippen LogP contribution in [0.3, 0.4) is 0 Å². The van der Waals surface area contributed by atoms with Crippen molar-refractivity contribution >= 4 is 5.91 Å². The van der Waals surface area contributed by atoms with Crippen LogP contribution < -0.4 is 5.84 Å². The minimum absolute atomic E-state index is 0.206. The van der Waals surface area contributed by atoms with E-state index < -0.39 is 11.6 Å². The molecule has 88 valence electrons. The van der Waals surface area contributed by atoms with Gasteiger partial charge in [-0.15, -0.1) is 0 Å². The smallest absolute Gasteiger partial charge is 0.236 e. The molecule has 0 fully saturated rings. The topological polar surface area (TPSA) is 46.3 Å². The minimum atomic E-state index is -0.598. The number of hydrazine groups is 1. The summed E-state index contributed by atoms with van der Waals surface area (Å²) in [5.74, 6) is 3.85.